The van der Waals surface area contributed by atoms with Crippen molar-refractivity contribution in [1.82, 2.24) is 13.5 Å². The summed E-state index contributed by atoms with van der Waals surface area (Å²) in [6.07, 6.45) is 0. The van der Waals surface area contributed by atoms with Crippen LogP contribution < -0.4 is 5.32 Å². The van der Waals surface area contributed by atoms with E-state index in [2.05, 4.69) is 5.32 Å². The van der Waals surface area contributed by atoms with Crippen LogP contribution in [0.25, 0.3) is 0 Å². The number of nitrogens with zero attached hydrogens (tertiary/aromatic N) is 3. The van der Waals surface area contributed by atoms with Crippen LogP contribution in [0, 0.1) is 0 Å². The molecule has 1 N–H and O–H groups in total. The Labute approximate surface area is 138 Å². The molecule has 1 fully saturated rings. The Morgan fingerprint density at radius 2 is 1.65 bits per heavy atom. The number of hydrogen-bond acceptors (Lipinski definition) is 3. The number of carbonyl (C=O) groups is 1. The highest BCUT2D eigenvalue weighted by Gasteiger charge is 2.32. The van der Waals surface area contributed by atoms with Crippen LogP contribution in [0.4, 0.5) is 10.5 Å². The third-order valence-corrected chi connectivity index (χ3v) is 6.10. The van der Waals surface area contributed by atoms with E-state index in [4.69, 9.17) is 0 Å². The van der Waals surface area contributed by atoms with Crippen molar-refractivity contribution >= 4 is 21.9 Å². The summed E-state index contributed by atoms with van der Waals surface area (Å²) in [4.78, 5) is 13.8. The summed E-state index contributed by atoms with van der Waals surface area (Å²) in [5.74, 6) is 0. The Balaban J connectivity index is 1.92. The van der Waals surface area contributed by atoms with Crippen molar-refractivity contribution in [1.29, 1.82) is 0 Å². The molecule has 8 heteroatoms. The van der Waals surface area contributed by atoms with Crippen LogP contribution in [0.5, 0.6) is 0 Å². The van der Waals surface area contributed by atoms with Gasteiger partial charge >= 0.3 is 6.03 Å². The highest BCUT2D eigenvalue weighted by atomic mass is 32.2. The predicted octanol–water partition coefficient (Wildman–Crippen LogP) is 1.42. The van der Waals surface area contributed by atoms with Gasteiger partial charge in [0.05, 0.1) is 0 Å². The lowest BCUT2D eigenvalue weighted by molar-refractivity contribution is 0.181. The first-order valence-corrected chi connectivity index (χ1v) is 9.25. The van der Waals surface area contributed by atoms with Crippen LogP contribution in [0.3, 0.4) is 0 Å². The van der Waals surface area contributed by atoms with Gasteiger partial charge in [0, 0.05) is 45.0 Å². The van der Waals surface area contributed by atoms with Gasteiger partial charge in [-0.15, -0.1) is 0 Å². The van der Waals surface area contributed by atoms with Crippen molar-refractivity contribution in [2.24, 2.45) is 0 Å². The fourth-order valence-corrected chi connectivity index (χ4v) is 4.16. The maximum Gasteiger partial charge on any atom is 0.321 e. The highest BCUT2D eigenvalue weighted by molar-refractivity contribution is 7.86. The molecule has 0 unspecified atom stereocenters. The summed E-state index contributed by atoms with van der Waals surface area (Å²) < 4.78 is 27.8. The molecule has 1 aromatic carbocycles. The van der Waals surface area contributed by atoms with Gasteiger partial charge in [-0.2, -0.15) is 17.0 Å². The maximum atomic E-state index is 12.4. The first-order chi connectivity index (χ1) is 11.0. The van der Waals surface area contributed by atoms with Crippen LogP contribution in [0.1, 0.15) is 13.8 Å². The number of carbonyl (C=O) groups excluding carboxylic acids is 1. The molecule has 0 aromatic heterocycles. The molecule has 0 saturated carbocycles. The number of nitrogens with one attached hydrogen (secondary N) is 1. The van der Waals surface area contributed by atoms with Crippen molar-refractivity contribution in [3.63, 3.8) is 0 Å². The summed E-state index contributed by atoms with van der Waals surface area (Å²) >= 11 is 0. The quantitative estimate of drug-likeness (QED) is 0.881. The van der Waals surface area contributed by atoms with E-state index in [0.717, 1.165) is 5.69 Å². The van der Waals surface area contributed by atoms with Gasteiger partial charge in [-0.25, -0.2) is 4.79 Å². The number of anilines is 1. The SMILES string of the molecule is CCN(CC)S(=O)(=O)N1CCN(C(=O)Nc2ccccc2)CC1. The summed E-state index contributed by atoms with van der Waals surface area (Å²) in [5.41, 5.74) is 0.732. The lowest BCUT2D eigenvalue weighted by Gasteiger charge is -2.36. The smallest absolute Gasteiger partial charge is 0.321 e. The minimum atomic E-state index is -3.42. The summed E-state index contributed by atoms with van der Waals surface area (Å²) in [6.45, 7) is 5.97. The molecule has 1 saturated heterocycles. The van der Waals surface area contributed by atoms with Crippen molar-refractivity contribution in [3.05, 3.63) is 30.3 Å². The third kappa shape index (κ3) is 4.21. The van der Waals surface area contributed by atoms with Crippen LogP contribution in [-0.2, 0) is 10.2 Å². The Morgan fingerprint density at radius 3 is 2.17 bits per heavy atom. The van der Waals surface area contributed by atoms with E-state index in [1.54, 1.807) is 4.90 Å². The van der Waals surface area contributed by atoms with Gasteiger partial charge in [0.2, 0.25) is 0 Å². The number of rotatable bonds is 5. The van der Waals surface area contributed by atoms with Crippen LogP contribution >= 0.6 is 0 Å². The molecule has 0 atom stereocenters. The van der Waals surface area contributed by atoms with Gasteiger partial charge in [-0.3, -0.25) is 0 Å². The average Bonchev–Trinajstić information content (AvgIpc) is 2.56. The van der Waals surface area contributed by atoms with Gasteiger partial charge < -0.3 is 10.2 Å². The van der Waals surface area contributed by atoms with Gasteiger partial charge in [-0.1, -0.05) is 32.0 Å². The van der Waals surface area contributed by atoms with E-state index >= 15 is 0 Å². The van der Waals surface area contributed by atoms with Crippen LogP contribution in [-0.4, -0.2) is 67.2 Å². The molecule has 2 amide bonds. The number of benzene rings is 1. The summed E-state index contributed by atoms with van der Waals surface area (Å²) in [7, 11) is -3.42. The van der Waals surface area contributed by atoms with Crippen molar-refractivity contribution in [2.75, 3.05) is 44.6 Å². The molecule has 1 aromatic rings. The van der Waals surface area contributed by atoms with E-state index < -0.39 is 10.2 Å². The monoisotopic (exact) mass is 340 g/mol. The normalized spacial score (nSPS) is 16.6. The fraction of sp³-hybridized carbons (Fsp3) is 0.533. The lowest BCUT2D eigenvalue weighted by atomic mass is 10.3. The first-order valence-electron chi connectivity index (χ1n) is 7.85. The number of piperazine rings is 1. The number of para-hydroxylation sites is 1. The number of amides is 2. The largest absolute Gasteiger partial charge is 0.322 e. The molecule has 0 radical (unpaired) electrons. The van der Waals surface area contributed by atoms with Crippen molar-refractivity contribution in [2.45, 2.75) is 13.8 Å². The number of hydrogen-bond donors (Lipinski definition) is 1. The number of urea groups is 1. The second-order valence-electron chi connectivity index (χ2n) is 5.27. The molecule has 2 rings (SSSR count). The lowest BCUT2D eigenvalue weighted by Crippen LogP contribution is -2.54. The van der Waals surface area contributed by atoms with Crippen molar-refractivity contribution in [3.8, 4) is 0 Å². The fourth-order valence-electron chi connectivity index (χ4n) is 2.56. The van der Waals surface area contributed by atoms with Gasteiger partial charge in [-0.05, 0) is 12.1 Å². The van der Waals surface area contributed by atoms with Crippen molar-refractivity contribution < 1.29 is 13.2 Å². The average molecular weight is 340 g/mol. The molecule has 0 bridgehead atoms. The van der Waals surface area contributed by atoms with E-state index in [-0.39, 0.29) is 6.03 Å². The third-order valence-electron chi connectivity index (χ3n) is 3.91. The Kier molecular flexibility index (Phi) is 5.97. The molecule has 23 heavy (non-hydrogen) atoms. The molecule has 1 heterocycles. The predicted molar refractivity (Wildman–Crippen MR) is 90.4 cm³/mol. The van der Waals surface area contributed by atoms with Gasteiger partial charge in [0.25, 0.3) is 10.2 Å². The van der Waals surface area contributed by atoms with E-state index in [9.17, 15) is 13.2 Å². The molecule has 0 spiro atoms. The van der Waals surface area contributed by atoms with Crippen LogP contribution in [0.15, 0.2) is 30.3 Å². The zero-order chi connectivity index (χ0) is 16.9. The molecule has 128 valence electrons. The van der Waals surface area contributed by atoms with E-state index in [0.29, 0.717) is 39.3 Å². The van der Waals surface area contributed by atoms with E-state index in [1.807, 2.05) is 44.2 Å². The van der Waals surface area contributed by atoms with Gasteiger partial charge in [0.1, 0.15) is 0 Å². The zero-order valence-electron chi connectivity index (χ0n) is 13.6. The first kappa shape index (κ1) is 17.7. The maximum absolute atomic E-state index is 12.4. The molecular weight excluding hydrogens is 316 g/mol. The molecule has 1 aliphatic rings. The molecule has 1 aliphatic heterocycles. The second-order valence-corrected chi connectivity index (χ2v) is 7.20. The standard InChI is InChI=1S/C15H24N4O3S/c1-3-18(4-2)23(21,22)19-12-10-17(11-13-19)15(20)16-14-8-6-5-7-9-14/h5-9H,3-4,10-13H2,1-2H3,(H,16,20). The summed E-state index contributed by atoms with van der Waals surface area (Å²) in [6, 6.07) is 9.02. The topological polar surface area (TPSA) is 73.0 Å². The zero-order valence-corrected chi connectivity index (χ0v) is 14.4. The minimum absolute atomic E-state index is 0.198. The van der Waals surface area contributed by atoms with E-state index in [1.165, 1.54) is 8.61 Å². The second kappa shape index (κ2) is 7.76. The highest BCUT2D eigenvalue weighted by Crippen LogP contribution is 2.13. The molecule has 7 nitrogen and oxygen atoms in total. The minimum Gasteiger partial charge on any atom is -0.322 e. The van der Waals surface area contributed by atoms with Crippen LogP contribution in [0.2, 0.25) is 0 Å². The Morgan fingerprint density at radius 1 is 1.09 bits per heavy atom. The molecule has 0 aliphatic carbocycles. The molecular formula is C15H24N4O3S. The summed E-state index contributed by atoms with van der Waals surface area (Å²) in [5, 5.41) is 2.82. The Hall–Kier alpha value is -1.64. The Bertz CT molecular complexity index is 609. The van der Waals surface area contributed by atoms with Gasteiger partial charge in [0.15, 0.2) is 0 Å².